The first-order valence-corrected chi connectivity index (χ1v) is 9.41. The van der Waals surface area contributed by atoms with Gasteiger partial charge in [-0.15, -0.1) is 0 Å². The Balaban J connectivity index is 1.94. The van der Waals surface area contributed by atoms with Crippen LogP contribution in [0, 0.1) is 6.07 Å². The normalized spacial score (nSPS) is 12.1. The van der Waals surface area contributed by atoms with Gasteiger partial charge in [0.2, 0.25) is 6.79 Å². The molecule has 0 bridgehead atoms. The number of benzene rings is 3. The van der Waals surface area contributed by atoms with Crippen LogP contribution in [-0.4, -0.2) is 21.0 Å². The van der Waals surface area contributed by atoms with Gasteiger partial charge >= 0.3 is 0 Å². The number of fused-ring (bicyclic) bond motifs is 1. The molecule has 3 aromatic rings. The topological polar surface area (TPSA) is 36.9 Å². The van der Waals surface area contributed by atoms with E-state index in [0.29, 0.717) is 0 Å². The van der Waals surface area contributed by atoms with E-state index in [1.165, 1.54) is 0 Å². The molecule has 1 aliphatic rings. The van der Waals surface area contributed by atoms with Crippen molar-refractivity contribution in [3.63, 3.8) is 0 Å². The van der Waals surface area contributed by atoms with E-state index in [9.17, 15) is 0 Å². The van der Waals surface area contributed by atoms with E-state index in [4.69, 9.17) is 18.9 Å². The molecule has 28 heavy (non-hydrogen) atoms. The minimum absolute atomic E-state index is 0.231. The van der Waals surface area contributed by atoms with Gasteiger partial charge in [-0.05, 0) is 47.9 Å². The Morgan fingerprint density at radius 2 is 1.39 bits per heavy atom. The lowest BCUT2D eigenvalue weighted by molar-refractivity contribution is 0.173. The van der Waals surface area contributed by atoms with Crippen molar-refractivity contribution in [1.29, 1.82) is 0 Å². The molecule has 143 valence electrons. The molecular weight excluding hydrogens is 352 g/mol. The molecule has 0 atom stereocenters. The van der Waals surface area contributed by atoms with Crippen LogP contribution in [0.2, 0.25) is 0 Å². The Labute approximate surface area is 165 Å². The molecule has 0 aromatic heterocycles. The summed E-state index contributed by atoms with van der Waals surface area (Å²) in [6, 6.07) is 19.6. The van der Waals surface area contributed by atoms with Crippen molar-refractivity contribution < 1.29 is 18.9 Å². The molecule has 0 spiro atoms. The van der Waals surface area contributed by atoms with Gasteiger partial charge in [-0.2, -0.15) is 0 Å². The van der Waals surface area contributed by atoms with Crippen LogP contribution < -0.4 is 18.9 Å². The van der Waals surface area contributed by atoms with E-state index < -0.39 is 0 Å². The molecule has 0 saturated heterocycles. The summed E-state index contributed by atoms with van der Waals surface area (Å²) in [5.41, 5.74) is 5.13. The number of hydrogen-bond acceptors (Lipinski definition) is 4. The predicted octanol–water partition coefficient (Wildman–Crippen LogP) is 5.52. The average molecular weight is 375 g/mol. The average Bonchev–Trinajstić information content (AvgIpc) is 3.24. The molecule has 4 rings (SSSR count). The highest BCUT2D eigenvalue weighted by Gasteiger charge is 2.26. The third-order valence-electron chi connectivity index (χ3n) is 4.90. The molecule has 0 aliphatic carbocycles. The van der Waals surface area contributed by atoms with Gasteiger partial charge < -0.3 is 18.9 Å². The van der Waals surface area contributed by atoms with Crippen molar-refractivity contribution in [3.8, 4) is 45.3 Å². The molecule has 0 unspecified atom stereocenters. The van der Waals surface area contributed by atoms with Crippen molar-refractivity contribution in [2.75, 3.05) is 21.0 Å². The summed E-state index contributed by atoms with van der Waals surface area (Å²) in [7, 11) is 3.34. The van der Waals surface area contributed by atoms with Crippen molar-refractivity contribution in [1.82, 2.24) is 0 Å². The molecule has 0 saturated carbocycles. The smallest absolute Gasteiger partial charge is 0.231 e. The first-order valence-electron chi connectivity index (χ1n) is 9.41. The fraction of sp³-hybridized carbons (Fsp3) is 0.250. The van der Waals surface area contributed by atoms with Crippen molar-refractivity contribution in [2.24, 2.45) is 0 Å². The largest absolute Gasteiger partial charge is 0.497 e. The zero-order chi connectivity index (χ0) is 19.5. The summed E-state index contributed by atoms with van der Waals surface area (Å²) >= 11 is 0. The lowest BCUT2D eigenvalue weighted by Gasteiger charge is -2.16. The van der Waals surface area contributed by atoms with Crippen molar-refractivity contribution >= 4 is 0 Å². The SMILES string of the molecule is CCCc1[c]c(-c2ccc(OC)cc2)c(-c2ccc(OC)cc2)c2c1OCO2. The maximum Gasteiger partial charge on any atom is 0.231 e. The monoisotopic (exact) mass is 375 g/mol. The summed E-state index contributed by atoms with van der Waals surface area (Å²) < 4.78 is 22.4. The fourth-order valence-electron chi connectivity index (χ4n) is 3.51. The first kappa shape index (κ1) is 18.2. The lowest BCUT2D eigenvalue weighted by Crippen LogP contribution is -1.95. The van der Waals surface area contributed by atoms with E-state index in [1.54, 1.807) is 14.2 Å². The summed E-state index contributed by atoms with van der Waals surface area (Å²) in [5.74, 6) is 3.24. The molecule has 1 aliphatic heterocycles. The quantitative estimate of drug-likeness (QED) is 0.568. The molecule has 0 N–H and O–H groups in total. The molecule has 1 radical (unpaired) electrons. The second-order valence-electron chi connectivity index (χ2n) is 6.63. The van der Waals surface area contributed by atoms with Gasteiger partial charge in [-0.25, -0.2) is 0 Å². The number of methoxy groups -OCH3 is 2. The number of rotatable bonds is 6. The standard InChI is InChI=1S/C24H23O4/c1-4-5-18-14-21(16-6-10-19(25-2)11-7-16)22(24-23(18)27-15-28-24)17-8-12-20(26-3)13-9-17/h6-13H,4-5,15H2,1-3H3. The summed E-state index contributed by atoms with van der Waals surface area (Å²) in [6.45, 7) is 2.38. The maximum atomic E-state index is 5.94. The molecule has 0 fully saturated rings. The minimum atomic E-state index is 0.231. The number of hydrogen-bond donors (Lipinski definition) is 0. The van der Waals surface area contributed by atoms with Crippen LogP contribution in [0.25, 0.3) is 22.3 Å². The number of aryl methyl sites for hydroxylation is 1. The Hall–Kier alpha value is -3.14. The van der Waals surface area contributed by atoms with Crippen molar-refractivity contribution in [2.45, 2.75) is 19.8 Å². The van der Waals surface area contributed by atoms with Crippen LogP contribution in [-0.2, 0) is 6.42 Å². The van der Waals surface area contributed by atoms with Crippen LogP contribution in [0.5, 0.6) is 23.0 Å². The van der Waals surface area contributed by atoms with Crippen LogP contribution in [0.3, 0.4) is 0 Å². The van der Waals surface area contributed by atoms with Crippen LogP contribution >= 0.6 is 0 Å². The van der Waals surface area contributed by atoms with Gasteiger partial charge in [0.25, 0.3) is 0 Å². The Bertz CT molecular complexity index is 959. The minimum Gasteiger partial charge on any atom is -0.497 e. The third-order valence-corrected chi connectivity index (χ3v) is 4.90. The maximum absolute atomic E-state index is 5.94. The zero-order valence-corrected chi connectivity index (χ0v) is 16.4. The van der Waals surface area contributed by atoms with E-state index in [0.717, 1.165) is 63.7 Å². The Kier molecular flexibility index (Phi) is 5.11. The predicted molar refractivity (Wildman–Crippen MR) is 109 cm³/mol. The number of ether oxygens (including phenoxy) is 4. The third kappa shape index (κ3) is 3.26. The van der Waals surface area contributed by atoms with Crippen LogP contribution in [0.1, 0.15) is 18.9 Å². The van der Waals surface area contributed by atoms with Gasteiger partial charge in [0.05, 0.1) is 14.2 Å². The van der Waals surface area contributed by atoms with Gasteiger partial charge in [0.1, 0.15) is 11.5 Å². The van der Waals surface area contributed by atoms with Gasteiger partial charge in [0, 0.05) is 16.7 Å². The molecule has 0 amide bonds. The molecule has 1 heterocycles. The highest BCUT2D eigenvalue weighted by molar-refractivity contribution is 5.90. The lowest BCUT2D eigenvalue weighted by atomic mass is 9.90. The van der Waals surface area contributed by atoms with Crippen LogP contribution in [0.4, 0.5) is 0 Å². The Morgan fingerprint density at radius 3 is 1.96 bits per heavy atom. The van der Waals surface area contributed by atoms with Crippen LogP contribution in [0.15, 0.2) is 48.5 Å². The molecular formula is C24H23O4. The van der Waals surface area contributed by atoms with Gasteiger partial charge in [-0.3, -0.25) is 0 Å². The van der Waals surface area contributed by atoms with E-state index in [-0.39, 0.29) is 6.79 Å². The van der Waals surface area contributed by atoms with Gasteiger partial charge in [-0.1, -0.05) is 37.6 Å². The molecule has 4 heteroatoms. The molecule has 3 aromatic carbocycles. The highest BCUT2D eigenvalue weighted by atomic mass is 16.7. The van der Waals surface area contributed by atoms with E-state index in [2.05, 4.69) is 25.1 Å². The summed E-state index contributed by atoms with van der Waals surface area (Å²) in [4.78, 5) is 0. The second kappa shape index (κ2) is 7.85. The first-order chi connectivity index (χ1) is 13.7. The zero-order valence-electron chi connectivity index (χ0n) is 16.4. The summed E-state index contributed by atoms with van der Waals surface area (Å²) in [6.07, 6.45) is 1.90. The molecule has 4 nitrogen and oxygen atoms in total. The second-order valence-corrected chi connectivity index (χ2v) is 6.63. The van der Waals surface area contributed by atoms with Gasteiger partial charge in [0.15, 0.2) is 11.5 Å². The van der Waals surface area contributed by atoms with E-state index >= 15 is 0 Å². The Morgan fingerprint density at radius 1 is 0.821 bits per heavy atom. The van der Waals surface area contributed by atoms with E-state index in [1.807, 2.05) is 36.4 Å². The fourth-order valence-corrected chi connectivity index (χ4v) is 3.51. The highest BCUT2D eigenvalue weighted by Crippen LogP contribution is 2.49. The van der Waals surface area contributed by atoms with Crippen molar-refractivity contribution in [3.05, 3.63) is 60.2 Å². The summed E-state index contributed by atoms with van der Waals surface area (Å²) in [5, 5.41) is 0.